The largest absolute Gasteiger partial charge is 0.465 e. The highest BCUT2D eigenvalue weighted by Gasteiger charge is 2.11. The second-order valence-corrected chi connectivity index (χ2v) is 4.03. The van der Waals surface area contributed by atoms with E-state index in [-0.39, 0.29) is 12.3 Å². The Hall–Kier alpha value is -2.70. The van der Waals surface area contributed by atoms with Crippen LogP contribution in [0.1, 0.15) is 22.1 Å². The number of aromatic nitrogens is 2. The number of anilines is 1. The van der Waals surface area contributed by atoms with E-state index in [0.29, 0.717) is 23.0 Å². The van der Waals surface area contributed by atoms with Crippen molar-refractivity contribution < 1.29 is 18.8 Å². The van der Waals surface area contributed by atoms with Crippen molar-refractivity contribution in [3.63, 3.8) is 0 Å². The Bertz CT molecular complexity index is 636. The van der Waals surface area contributed by atoms with E-state index in [0.717, 1.165) is 0 Å². The summed E-state index contributed by atoms with van der Waals surface area (Å²) >= 11 is 0. The van der Waals surface area contributed by atoms with Crippen LogP contribution in [0, 0.1) is 6.92 Å². The van der Waals surface area contributed by atoms with E-state index in [9.17, 15) is 9.59 Å². The van der Waals surface area contributed by atoms with Gasteiger partial charge in [0.15, 0.2) is 5.82 Å². The summed E-state index contributed by atoms with van der Waals surface area (Å²) in [5.74, 6) is -0.0488. The fraction of sp³-hybridized carbons (Fsp3) is 0.231. The van der Waals surface area contributed by atoms with Gasteiger partial charge < -0.3 is 14.6 Å². The summed E-state index contributed by atoms with van der Waals surface area (Å²) in [5, 5.41) is 6.29. The standard InChI is InChI=1S/C13H13N3O4/c1-8-14-11(16-20-8)7-12(17)15-10-5-3-4-9(6-10)13(18)19-2/h3-6H,7H2,1-2H3,(H,15,17). The van der Waals surface area contributed by atoms with Crippen LogP contribution in [0.15, 0.2) is 28.8 Å². The third-order valence-electron chi connectivity index (χ3n) is 2.46. The third kappa shape index (κ3) is 3.41. The fourth-order valence-electron chi connectivity index (χ4n) is 1.60. The number of methoxy groups -OCH3 is 1. The van der Waals surface area contributed by atoms with Gasteiger partial charge in [0.05, 0.1) is 19.1 Å². The Kier molecular flexibility index (Phi) is 4.09. The van der Waals surface area contributed by atoms with Crippen LogP contribution in [0.4, 0.5) is 5.69 Å². The van der Waals surface area contributed by atoms with Crippen molar-refractivity contribution in [3.05, 3.63) is 41.5 Å². The molecule has 0 spiro atoms. The first kappa shape index (κ1) is 13.7. The Morgan fingerprint density at radius 2 is 2.20 bits per heavy atom. The topological polar surface area (TPSA) is 94.3 Å². The molecule has 0 aliphatic carbocycles. The predicted octanol–water partition coefficient (Wildman–Crippen LogP) is 1.35. The highest BCUT2D eigenvalue weighted by atomic mass is 16.5. The van der Waals surface area contributed by atoms with Crippen LogP contribution >= 0.6 is 0 Å². The first-order chi connectivity index (χ1) is 9.58. The van der Waals surface area contributed by atoms with Gasteiger partial charge in [-0.2, -0.15) is 4.98 Å². The van der Waals surface area contributed by atoms with Crippen molar-refractivity contribution in [2.75, 3.05) is 12.4 Å². The number of hydrogen-bond donors (Lipinski definition) is 1. The van der Waals surface area contributed by atoms with Crippen LogP contribution < -0.4 is 5.32 Å². The Labute approximate surface area is 114 Å². The van der Waals surface area contributed by atoms with Crippen LogP contribution in [0.5, 0.6) is 0 Å². The van der Waals surface area contributed by atoms with E-state index < -0.39 is 5.97 Å². The molecule has 2 aromatic rings. The zero-order chi connectivity index (χ0) is 14.5. The summed E-state index contributed by atoms with van der Waals surface area (Å²) in [4.78, 5) is 27.1. The monoisotopic (exact) mass is 275 g/mol. The second-order valence-electron chi connectivity index (χ2n) is 4.03. The van der Waals surface area contributed by atoms with Gasteiger partial charge in [0.1, 0.15) is 0 Å². The number of nitrogens with one attached hydrogen (secondary N) is 1. The second kappa shape index (κ2) is 5.96. The average Bonchev–Trinajstić information content (AvgIpc) is 2.83. The minimum Gasteiger partial charge on any atom is -0.465 e. The number of aryl methyl sites for hydroxylation is 1. The number of carbonyl (C=O) groups excluding carboxylic acids is 2. The molecule has 0 bridgehead atoms. The van der Waals surface area contributed by atoms with Gasteiger partial charge in [-0.25, -0.2) is 4.79 Å². The molecule has 20 heavy (non-hydrogen) atoms. The Balaban J connectivity index is 2.02. The number of esters is 1. The van der Waals surface area contributed by atoms with E-state index >= 15 is 0 Å². The van der Waals surface area contributed by atoms with Crippen molar-refractivity contribution >= 4 is 17.6 Å². The number of carbonyl (C=O) groups is 2. The molecule has 0 aliphatic heterocycles. The first-order valence-electron chi connectivity index (χ1n) is 5.86. The van der Waals surface area contributed by atoms with Crippen LogP contribution in [0.25, 0.3) is 0 Å². The van der Waals surface area contributed by atoms with E-state index in [1.807, 2.05) is 0 Å². The Morgan fingerprint density at radius 3 is 2.85 bits per heavy atom. The summed E-state index contributed by atoms with van der Waals surface area (Å²) in [6.07, 6.45) is -0.000207. The fourth-order valence-corrected chi connectivity index (χ4v) is 1.60. The van der Waals surface area contributed by atoms with Gasteiger partial charge in [0, 0.05) is 12.6 Å². The molecule has 1 amide bonds. The molecular formula is C13H13N3O4. The minimum atomic E-state index is -0.463. The third-order valence-corrected chi connectivity index (χ3v) is 2.46. The molecule has 104 valence electrons. The van der Waals surface area contributed by atoms with Gasteiger partial charge >= 0.3 is 5.97 Å². The summed E-state index contributed by atoms with van der Waals surface area (Å²) in [6.45, 7) is 1.65. The Morgan fingerprint density at radius 1 is 1.40 bits per heavy atom. The lowest BCUT2D eigenvalue weighted by Gasteiger charge is -2.05. The number of benzene rings is 1. The van der Waals surface area contributed by atoms with Crippen LogP contribution in [-0.4, -0.2) is 29.1 Å². The predicted molar refractivity (Wildman–Crippen MR) is 69.2 cm³/mol. The molecule has 2 rings (SSSR count). The highest BCUT2D eigenvalue weighted by molar-refractivity contribution is 5.95. The lowest BCUT2D eigenvalue weighted by atomic mass is 10.2. The van der Waals surface area contributed by atoms with Crippen LogP contribution in [0.3, 0.4) is 0 Å². The lowest BCUT2D eigenvalue weighted by Crippen LogP contribution is -2.15. The summed E-state index contributed by atoms with van der Waals surface area (Å²) in [7, 11) is 1.30. The maximum absolute atomic E-state index is 11.8. The molecular weight excluding hydrogens is 262 g/mol. The molecule has 0 saturated heterocycles. The quantitative estimate of drug-likeness (QED) is 0.846. The molecule has 1 N–H and O–H groups in total. The molecule has 1 heterocycles. The normalized spacial score (nSPS) is 10.1. The molecule has 0 fully saturated rings. The molecule has 0 atom stereocenters. The van der Waals surface area contributed by atoms with Crippen molar-refractivity contribution in [1.82, 2.24) is 10.1 Å². The lowest BCUT2D eigenvalue weighted by molar-refractivity contribution is -0.115. The molecule has 1 aromatic heterocycles. The number of amides is 1. The molecule has 0 unspecified atom stereocenters. The average molecular weight is 275 g/mol. The van der Waals surface area contributed by atoms with Crippen LogP contribution in [-0.2, 0) is 16.0 Å². The van der Waals surface area contributed by atoms with Gasteiger partial charge in [0.25, 0.3) is 0 Å². The SMILES string of the molecule is COC(=O)c1cccc(NC(=O)Cc2noc(C)n2)c1. The van der Waals surface area contributed by atoms with Crippen LogP contribution in [0.2, 0.25) is 0 Å². The zero-order valence-corrected chi connectivity index (χ0v) is 11.0. The smallest absolute Gasteiger partial charge is 0.337 e. The minimum absolute atomic E-state index is 0.000207. The number of ether oxygens (including phenoxy) is 1. The highest BCUT2D eigenvalue weighted by Crippen LogP contribution is 2.12. The summed E-state index contributed by atoms with van der Waals surface area (Å²) in [6, 6.07) is 6.46. The van der Waals surface area contributed by atoms with Gasteiger partial charge in [-0.3, -0.25) is 4.79 Å². The molecule has 1 aromatic carbocycles. The van der Waals surface area contributed by atoms with Crippen molar-refractivity contribution in [2.45, 2.75) is 13.3 Å². The van der Waals surface area contributed by atoms with E-state index in [1.165, 1.54) is 13.2 Å². The van der Waals surface area contributed by atoms with Crippen molar-refractivity contribution in [1.29, 1.82) is 0 Å². The first-order valence-corrected chi connectivity index (χ1v) is 5.86. The maximum atomic E-state index is 11.8. The molecule has 0 saturated carbocycles. The van der Waals surface area contributed by atoms with Crippen molar-refractivity contribution in [2.24, 2.45) is 0 Å². The maximum Gasteiger partial charge on any atom is 0.337 e. The summed E-state index contributed by atoms with van der Waals surface area (Å²) in [5.41, 5.74) is 0.860. The zero-order valence-electron chi connectivity index (χ0n) is 11.0. The molecule has 7 nitrogen and oxygen atoms in total. The van der Waals surface area contributed by atoms with Gasteiger partial charge in [-0.15, -0.1) is 0 Å². The van der Waals surface area contributed by atoms with E-state index in [2.05, 4.69) is 20.2 Å². The van der Waals surface area contributed by atoms with Crippen molar-refractivity contribution in [3.8, 4) is 0 Å². The van der Waals surface area contributed by atoms with E-state index in [1.54, 1.807) is 25.1 Å². The molecule has 0 radical (unpaired) electrons. The number of hydrogen-bond acceptors (Lipinski definition) is 6. The van der Waals surface area contributed by atoms with Gasteiger partial charge in [-0.05, 0) is 18.2 Å². The molecule has 0 aliphatic rings. The van der Waals surface area contributed by atoms with Gasteiger partial charge in [-0.1, -0.05) is 11.2 Å². The summed E-state index contributed by atoms with van der Waals surface area (Å²) < 4.78 is 9.39. The number of nitrogens with zero attached hydrogens (tertiary/aromatic N) is 2. The van der Waals surface area contributed by atoms with E-state index in [4.69, 9.17) is 4.52 Å². The molecule has 7 heteroatoms. The van der Waals surface area contributed by atoms with Gasteiger partial charge in [0.2, 0.25) is 11.8 Å². The number of rotatable bonds is 4.